The third-order valence-electron chi connectivity index (χ3n) is 3.39. The van der Waals surface area contributed by atoms with E-state index in [9.17, 15) is 8.42 Å². The normalized spacial score (nSPS) is 16.8. The zero-order chi connectivity index (χ0) is 13.5. The Morgan fingerprint density at radius 2 is 2.11 bits per heavy atom. The zero-order valence-electron chi connectivity index (χ0n) is 10.9. The standard InChI is InChI=1S/C12H19ClN2O2S/c1-9(2)14(3)18(16,17)12-6-11(7-13)15(8-12)10-4-5-10/h6,8-10H,4-5,7H2,1-3H3. The third-order valence-corrected chi connectivity index (χ3v) is 5.66. The Labute approximate surface area is 114 Å². The van der Waals surface area contributed by atoms with Gasteiger partial charge in [0.25, 0.3) is 0 Å². The molecule has 1 aliphatic rings. The summed E-state index contributed by atoms with van der Waals surface area (Å²) in [5.74, 6) is 0.345. The van der Waals surface area contributed by atoms with Crippen molar-refractivity contribution in [3.63, 3.8) is 0 Å². The molecule has 0 amide bonds. The molecule has 1 aromatic rings. The fraction of sp³-hybridized carbons (Fsp3) is 0.667. The number of sulfonamides is 1. The second-order valence-electron chi connectivity index (χ2n) is 5.05. The number of hydrogen-bond donors (Lipinski definition) is 0. The van der Waals surface area contributed by atoms with Gasteiger partial charge in [0.1, 0.15) is 4.90 Å². The van der Waals surface area contributed by atoms with Gasteiger partial charge in [-0.1, -0.05) is 0 Å². The van der Waals surface area contributed by atoms with Crippen molar-refractivity contribution in [2.24, 2.45) is 0 Å². The van der Waals surface area contributed by atoms with E-state index in [-0.39, 0.29) is 6.04 Å². The Bertz CT molecular complexity index is 532. The van der Waals surface area contributed by atoms with Gasteiger partial charge in [-0.2, -0.15) is 4.31 Å². The molecule has 1 heterocycles. The first-order valence-corrected chi connectivity index (χ1v) is 8.10. The van der Waals surface area contributed by atoms with Crippen LogP contribution in [0, 0.1) is 0 Å². The number of hydrogen-bond acceptors (Lipinski definition) is 2. The Hall–Kier alpha value is -0.520. The summed E-state index contributed by atoms with van der Waals surface area (Å²) in [5, 5.41) is 0. The van der Waals surface area contributed by atoms with Crippen LogP contribution in [0.5, 0.6) is 0 Å². The molecule has 1 aromatic heterocycles. The third kappa shape index (κ3) is 2.44. The lowest BCUT2D eigenvalue weighted by Crippen LogP contribution is -2.32. The lowest BCUT2D eigenvalue weighted by atomic mass is 10.4. The van der Waals surface area contributed by atoms with Crippen molar-refractivity contribution in [1.29, 1.82) is 0 Å². The maximum atomic E-state index is 12.4. The van der Waals surface area contributed by atoms with Crippen molar-refractivity contribution in [3.05, 3.63) is 18.0 Å². The van der Waals surface area contributed by atoms with Crippen LogP contribution in [0.2, 0.25) is 0 Å². The van der Waals surface area contributed by atoms with E-state index in [1.165, 1.54) is 4.31 Å². The monoisotopic (exact) mass is 290 g/mol. The summed E-state index contributed by atoms with van der Waals surface area (Å²) in [6, 6.07) is 2.07. The Morgan fingerprint density at radius 3 is 2.56 bits per heavy atom. The molecule has 1 aliphatic carbocycles. The predicted octanol–water partition coefficient (Wildman–Crippen LogP) is 2.59. The minimum Gasteiger partial charge on any atom is -0.346 e. The van der Waals surface area contributed by atoms with Crippen LogP contribution in [0.15, 0.2) is 17.2 Å². The van der Waals surface area contributed by atoms with E-state index in [4.69, 9.17) is 11.6 Å². The highest BCUT2D eigenvalue weighted by atomic mass is 35.5. The Kier molecular flexibility index (Phi) is 3.76. The molecular formula is C12H19ClN2O2S. The van der Waals surface area contributed by atoms with Crippen LogP contribution in [-0.2, 0) is 15.9 Å². The zero-order valence-corrected chi connectivity index (χ0v) is 12.5. The average molecular weight is 291 g/mol. The smallest absolute Gasteiger partial charge is 0.244 e. The molecule has 0 atom stereocenters. The summed E-state index contributed by atoms with van der Waals surface area (Å²) in [6.07, 6.45) is 3.94. The van der Waals surface area contributed by atoms with E-state index in [0.29, 0.717) is 16.8 Å². The Balaban J connectivity index is 2.39. The molecule has 0 unspecified atom stereocenters. The quantitative estimate of drug-likeness (QED) is 0.782. The van der Waals surface area contributed by atoms with E-state index in [1.54, 1.807) is 19.3 Å². The lowest BCUT2D eigenvalue weighted by Gasteiger charge is -2.19. The SMILES string of the molecule is CC(C)N(C)S(=O)(=O)c1cc(CCl)n(C2CC2)c1. The molecule has 0 aromatic carbocycles. The summed E-state index contributed by atoms with van der Waals surface area (Å²) < 4.78 is 28.1. The van der Waals surface area contributed by atoms with Crippen molar-refractivity contribution >= 4 is 21.6 Å². The minimum absolute atomic E-state index is 0.0567. The van der Waals surface area contributed by atoms with Gasteiger partial charge in [0.05, 0.1) is 5.88 Å². The van der Waals surface area contributed by atoms with E-state index < -0.39 is 10.0 Å². The largest absolute Gasteiger partial charge is 0.346 e. The first-order valence-electron chi connectivity index (χ1n) is 6.12. The van der Waals surface area contributed by atoms with Gasteiger partial charge in [-0.05, 0) is 32.8 Å². The number of rotatable bonds is 5. The second-order valence-corrected chi connectivity index (χ2v) is 7.32. The fourth-order valence-electron chi connectivity index (χ4n) is 1.88. The summed E-state index contributed by atoms with van der Waals surface area (Å²) in [4.78, 5) is 0.348. The number of alkyl halides is 1. The highest BCUT2D eigenvalue weighted by Gasteiger charge is 2.30. The molecule has 1 saturated carbocycles. The van der Waals surface area contributed by atoms with Crippen molar-refractivity contribution < 1.29 is 8.42 Å². The molecule has 0 aliphatic heterocycles. The summed E-state index contributed by atoms with van der Waals surface area (Å²) in [7, 11) is -1.80. The maximum Gasteiger partial charge on any atom is 0.244 e. The van der Waals surface area contributed by atoms with Crippen LogP contribution in [0.3, 0.4) is 0 Å². The van der Waals surface area contributed by atoms with E-state index >= 15 is 0 Å². The highest BCUT2D eigenvalue weighted by Crippen LogP contribution is 2.38. The van der Waals surface area contributed by atoms with Crippen LogP contribution < -0.4 is 0 Å². The van der Waals surface area contributed by atoms with Crippen LogP contribution in [0.1, 0.15) is 38.4 Å². The molecule has 0 bridgehead atoms. The van der Waals surface area contributed by atoms with Crippen molar-refractivity contribution in [3.8, 4) is 0 Å². The van der Waals surface area contributed by atoms with Crippen LogP contribution in [0.4, 0.5) is 0 Å². The lowest BCUT2D eigenvalue weighted by molar-refractivity contribution is 0.410. The molecule has 0 N–H and O–H groups in total. The van der Waals surface area contributed by atoms with Gasteiger partial charge < -0.3 is 4.57 Å². The molecule has 1 fully saturated rings. The molecule has 2 rings (SSSR count). The molecule has 0 saturated heterocycles. The molecule has 6 heteroatoms. The summed E-state index contributed by atoms with van der Waals surface area (Å²) in [6.45, 7) is 3.72. The van der Waals surface area contributed by atoms with E-state index in [2.05, 4.69) is 0 Å². The van der Waals surface area contributed by atoms with Gasteiger partial charge in [0.2, 0.25) is 10.0 Å². The van der Waals surface area contributed by atoms with Crippen molar-refractivity contribution in [1.82, 2.24) is 8.87 Å². The first kappa shape index (κ1) is 13.9. The number of nitrogens with zero attached hydrogens (tertiary/aromatic N) is 2. The topological polar surface area (TPSA) is 42.3 Å². The van der Waals surface area contributed by atoms with Gasteiger partial charge in [-0.15, -0.1) is 11.6 Å². The van der Waals surface area contributed by atoms with Gasteiger partial charge in [-0.3, -0.25) is 0 Å². The molecule has 0 spiro atoms. The second kappa shape index (κ2) is 4.87. The van der Waals surface area contributed by atoms with Gasteiger partial charge in [-0.25, -0.2) is 8.42 Å². The minimum atomic E-state index is -3.40. The average Bonchev–Trinajstić information content (AvgIpc) is 3.06. The molecule has 0 radical (unpaired) electrons. The van der Waals surface area contributed by atoms with Crippen LogP contribution in [0.25, 0.3) is 0 Å². The first-order chi connectivity index (χ1) is 8.37. The Morgan fingerprint density at radius 1 is 1.50 bits per heavy atom. The van der Waals surface area contributed by atoms with E-state index in [0.717, 1.165) is 18.5 Å². The van der Waals surface area contributed by atoms with Gasteiger partial charge in [0.15, 0.2) is 0 Å². The predicted molar refractivity (Wildman–Crippen MR) is 72.3 cm³/mol. The summed E-state index contributed by atoms with van der Waals surface area (Å²) in [5.41, 5.74) is 0.884. The molecule has 18 heavy (non-hydrogen) atoms. The van der Waals surface area contributed by atoms with E-state index in [1.807, 2.05) is 18.4 Å². The van der Waals surface area contributed by atoms with Crippen molar-refractivity contribution in [2.45, 2.75) is 49.5 Å². The number of halogens is 1. The van der Waals surface area contributed by atoms with Gasteiger partial charge >= 0.3 is 0 Å². The van der Waals surface area contributed by atoms with Crippen molar-refractivity contribution in [2.75, 3.05) is 7.05 Å². The molecule has 102 valence electrons. The fourth-order valence-corrected chi connectivity index (χ4v) is 3.52. The van der Waals surface area contributed by atoms with Crippen LogP contribution >= 0.6 is 11.6 Å². The number of aromatic nitrogens is 1. The highest BCUT2D eigenvalue weighted by molar-refractivity contribution is 7.89. The van der Waals surface area contributed by atoms with Crippen LogP contribution in [-0.4, -0.2) is 30.4 Å². The van der Waals surface area contributed by atoms with Gasteiger partial charge in [0, 0.05) is 31.0 Å². The summed E-state index contributed by atoms with van der Waals surface area (Å²) >= 11 is 5.88. The molecular weight excluding hydrogens is 272 g/mol. The molecule has 4 nitrogen and oxygen atoms in total. The maximum absolute atomic E-state index is 12.4.